The Morgan fingerprint density at radius 1 is 1.42 bits per heavy atom. The lowest BCUT2D eigenvalue weighted by Crippen LogP contribution is -2.46. The van der Waals surface area contributed by atoms with Crippen molar-refractivity contribution in [2.75, 3.05) is 20.1 Å². The number of rotatable bonds is 2. The Labute approximate surface area is 76.1 Å². The van der Waals surface area contributed by atoms with Gasteiger partial charge in [0.1, 0.15) is 0 Å². The summed E-state index contributed by atoms with van der Waals surface area (Å²) < 4.78 is 0. The van der Waals surface area contributed by atoms with Crippen molar-refractivity contribution in [1.29, 1.82) is 0 Å². The van der Waals surface area contributed by atoms with E-state index >= 15 is 0 Å². The molecule has 2 nitrogen and oxygen atoms in total. The molecule has 72 valence electrons. The third kappa shape index (κ3) is 1.99. The molecule has 2 N–H and O–H groups in total. The van der Waals surface area contributed by atoms with E-state index in [4.69, 9.17) is 5.73 Å². The maximum absolute atomic E-state index is 6.11. The van der Waals surface area contributed by atoms with Gasteiger partial charge in [-0.25, -0.2) is 0 Å². The van der Waals surface area contributed by atoms with Crippen LogP contribution in [-0.4, -0.2) is 31.1 Å². The van der Waals surface area contributed by atoms with E-state index in [0.29, 0.717) is 11.5 Å². The van der Waals surface area contributed by atoms with E-state index in [1.54, 1.807) is 0 Å². The van der Waals surface area contributed by atoms with Crippen LogP contribution in [0.3, 0.4) is 0 Å². The Kier molecular flexibility index (Phi) is 3.13. The number of likely N-dealkylation sites (tertiary alicyclic amines) is 1. The van der Waals surface area contributed by atoms with Crippen LogP contribution in [0.25, 0.3) is 0 Å². The van der Waals surface area contributed by atoms with E-state index in [1.165, 1.54) is 25.9 Å². The number of piperidine rings is 1. The quantitative estimate of drug-likeness (QED) is 0.680. The molecule has 1 unspecified atom stereocenters. The van der Waals surface area contributed by atoms with Crippen molar-refractivity contribution in [2.24, 2.45) is 11.1 Å². The molecule has 1 rings (SSSR count). The van der Waals surface area contributed by atoms with Crippen LogP contribution in [0.4, 0.5) is 0 Å². The molecule has 1 heterocycles. The highest BCUT2D eigenvalue weighted by Crippen LogP contribution is 2.34. The molecular weight excluding hydrogens is 148 g/mol. The predicted octanol–water partition coefficient (Wildman–Crippen LogP) is 1.46. The van der Waals surface area contributed by atoms with Crippen LogP contribution in [0.5, 0.6) is 0 Å². The first-order chi connectivity index (χ1) is 5.58. The number of nitrogens with two attached hydrogens (primary N) is 1. The van der Waals surface area contributed by atoms with Gasteiger partial charge in [0.2, 0.25) is 0 Å². The van der Waals surface area contributed by atoms with Gasteiger partial charge in [0.15, 0.2) is 0 Å². The van der Waals surface area contributed by atoms with Gasteiger partial charge in [-0.2, -0.15) is 0 Å². The van der Waals surface area contributed by atoms with Crippen molar-refractivity contribution in [2.45, 2.75) is 39.2 Å². The molecule has 0 saturated carbocycles. The average Bonchev–Trinajstić information content (AvgIpc) is 2.09. The second-order valence-corrected chi connectivity index (χ2v) is 4.47. The predicted molar refractivity (Wildman–Crippen MR) is 53.1 cm³/mol. The lowest BCUT2D eigenvalue weighted by Gasteiger charge is -2.41. The summed E-state index contributed by atoms with van der Waals surface area (Å²) in [6.07, 6.45) is 3.64. The summed E-state index contributed by atoms with van der Waals surface area (Å²) in [7, 11) is 2.19. The minimum Gasteiger partial charge on any atom is -0.327 e. The standard InChI is InChI=1S/C10H22N2/c1-4-9(11)10(2)5-7-12(3)8-6-10/h9H,4-8,11H2,1-3H3. The molecule has 0 spiro atoms. The fraction of sp³-hybridized carbons (Fsp3) is 1.00. The Morgan fingerprint density at radius 3 is 2.33 bits per heavy atom. The maximum Gasteiger partial charge on any atom is 0.00912 e. The zero-order valence-corrected chi connectivity index (χ0v) is 8.64. The van der Waals surface area contributed by atoms with Crippen LogP contribution in [0.15, 0.2) is 0 Å². The van der Waals surface area contributed by atoms with Crippen molar-refractivity contribution in [3.8, 4) is 0 Å². The summed E-state index contributed by atoms with van der Waals surface area (Å²) in [5.74, 6) is 0. The van der Waals surface area contributed by atoms with Crippen LogP contribution in [0, 0.1) is 5.41 Å². The summed E-state index contributed by atoms with van der Waals surface area (Å²) in [6.45, 7) is 6.96. The third-order valence-corrected chi connectivity index (χ3v) is 3.46. The molecule has 1 atom stereocenters. The first-order valence-electron chi connectivity index (χ1n) is 5.02. The van der Waals surface area contributed by atoms with Gasteiger partial charge in [0.05, 0.1) is 0 Å². The molecule has 1 saturated heterocycles. The van der Waals surface area contributed by atoms with Gasteiger partial charge >= 0.3 is 0 Å². The third-order valence-electron chi connectivity index (χ3n) is 3.46. The van der Waals surface area contributed by atoms with Gasteiger partial charge in [0.25, 0.3) is 0 Å². The Hall–Kier alpha value is -0.0800. The summed E-state index contributed by atoms with van der Waals surface area (Å²) in [4.78, 5) is 2.39. The molecule has 0 amide bonds. The van der Waals surface area contributed by atoms with Gasteiger partial charge in [-0.15, -0.1) is 0 Å². The van der Waals surface area contributed by atoms with E-state index < -0.39 is 0 Å². The molecule has 0 aromatic heterocycles. The highest BCUT2D eigenvalue weighted by Gasteiger charge is 2.33. The maximum atomic E-state index is 6.11. The van der Waals surface area contributed by atoms with Gasteiger partial charge in [-0.3, -0.25) is 0 Å². The van der Waals surface area contributed by atoms with Crippen molar-refractivity contribution in [3.05, 3.63) is 0 Å². The first kappa shape index (κ1) is 10.0. The number of nitrogens with zero attached hydrogens (tertiary/aromatic N) is 1. The second-order valence-electron chi connectivity index (χ2n) is 4.47. The summed E-state index contributed by atoms with van der Waals surface area (Å²) in [5, 5.41) is 0. The first-order valence-corrected chi connectivity index (χ1v) is 5.02. The monoisotopic (exact) mass is 170 g/mol. The Balaban J connectivity index is 2.49. The minimum absolute atomic E-state index is 0.395. The molecule has 12 heavy (non-hydrogen) atoms. The van der Waals surface area contributed by atoms with Crippen LogP contribution in [0.2, 0.25) is 0 Å². The normalized spacial score (nSPS) is 27.0. The topological polar surface area (TPSA) is 29.3 Å². The molecule has 1 aliphatic heterocycles. The summed E-state index contributed by atoms with van der Waals surface area (Å²) in [6, 6.07) is 0.395. The minimum atomic E-state index is 0.395. The van der Waals surface area contributed by atoms with Crippen molar-refractivity contribution >= 4 is 0 Å². The zero-order chi connectivity index (χ0) is 9.19. The summed E-state index contributed by atoms with van der Waals surface area (Å²) >= 11 is 0. The zero-order valence-electron chi connectivity index (χ0n) is 8.64. The van der Waals surface area contributed by atoms with Gasteiger partial charge in [0, 0.05) is 6.04 Å². The van der Waals surface area contributed by atoms with Crippen LogP contribution in [0.1, 0.15) is 33.1 Å². The Bertz CT molecular complexity index is 137. The highest BCUT2D eigenvalue weighted by molar-refractivity contribution is 4.88. The van der Waals surface area contributed by atoms with Crippen LogP contribution >= 0.6 is 0 Å². The molecule has 1 aliphatic rings. The van der Waals surface area contributed by atoms with E-state index in [-0.39, 0.29) is 0 Å². The lowest BCUT2D eigenvalue weighted by atomic mass is 9.74. The lowest BCUT2D eigenvalue weighted by molar-refractivity contribution is 0.110. The summed E-state index contributed by atoms with van der Waals surface area (Å²) in [5.41, 5.74) is 6.51. The van der Waals surface area contributed by atoms with E-state index in [0.717, 1.165) is 6.42 Å². The smallest absolute Gasteiger partial charge is 0.00912 e. The molecular formula is C10H22N2. The van der Waals surface area contributed by atoms with Crippen LogP contribution < -0.4 is 5.73 Å². The molecule has 1 fully saturated rings. The van der Waals surface area contributed by atoms with E-state index in [2.05, 4.69) is 25.8 Å². The fourth-order valence-electron chi connectivity index (χ4n) is 1.99. The average molecular weight is 170 g/mol. The number of hydrogen-bond donors (Lipinski definition) is 1. The Morgan fingerprint density at radius 2 is 1.92 bits per heavy atom. The van der Waals surface area contributed by atoms with Crippen molar-refractivity contribution in [3.63, 3.8) is 0 Å². The molecule has 0 bridgehead atoms. The van der Waals surface area contributed by atoms with Crippen molar-refractivity contribution in [1.82, 2.24) is 4.90 Å². The van der Waals surface area contributed by atoms with Gasteiger partial charge in [-0.1, -0.05) is 13.8 Å². The highest BCUT2D eigenvalue weighted by atomic mass is 15.1. The molecule has 2 heteroatoms. The molecule has 0 aliphatic carbocycles. The van der Waals surface area contributed by atoms with E-state index in [1.807, 2.05) is 0 Å². The molecule has 0 radical (unpaired) electrons. The number of hydrogen-bond acceptors (Lipinski definition) is 2. The SMILES string of the molecule is CCC(N)C1(C)CCN(C)CC1. The largest absolute Gasteiger partial charge is 0.327 e. The molecule has 0 aromatic rings. The van der Waals surface area contributed by atoms with Gasteiger partial charge < -0.3 is 10.6 Å². The van der Waals surface area contributed by atoms with E-state index in [9.17, 15) is 0 Å². The fourth-order valence-corrected chi connectivity index (χ4v) is 1.99. The molecule has 0 aromatic carbocycles. The van der Waals surface area contributed by atoms with Gasteiger partial charge in [-0.05, 0) is 44.8 Å². The van der Waals surface area contributed by atoms with Crippen LogP contribution in [-0.2, 0) is 0 Å². The van der Waals surface area contributed by atoms with Crippen molar-refractivity contribution < 1.29 is 0 Å². The second kappa shape index (κ2) is 3.75.